The average Bonchev–Trinajstić information content (AvgIpc) is 3.15. The molecule has 0 amide bonds. The zero-order valence-corrected chi connectivity index (χ0v) is 18.0. The van der Waals surface area contributed by atoms with Gasteiger partial charge in [0.2, 0.25) is 0 Å². The molecule has 158 valence electrons. The molecule has 0 spiro atoms. The Balaban J connectivity index is 1.51. The molecule has 31 heavy (non-hydrogen) atoms. The van der Waals surface area contributed by atoms with E-state index in [4.69, 9.17) is 19.4 Å². The van der Waals surface area contributed by atoms with Crippen LogP contribution >= 0.6 is 0 Å². The van der Waals surface area contributed by atoms with E-state index in [2.05, 4.69) is 53.8 Å². The monoisotopic (exact) mass is 414 g/mol. The first-order chi connectivity index (χ1) is 15.2. The van der Waals surface area contributed by atoms with Gasteiger partial charge in [-0.2, -0.15) is 0 Å². The van der Waals surface area contributed by atoms with Crippen molar-refractivity contribution in [3.05, 3.63) is 48.4 Å². The van der Waals surface area contributed by atoms with Gasteiger partial charge in [-0.25, -0.2) is 4.98 Å². The molecule has 0 radical (unpaired) electrons. The van der Waals surface area contributed by atoms with Crippen LogP contribution in [0.4, 0.5) is 0 Å². The third-order valence-electron chi connectivity index (χ3n) is 6.62. The Bertz CT molecular complexity index is 1290. The number of nitrogens with zero attached hydrogens (tertiary/aromatic N) is 4. The molecule has 0 bridgehead atoms. The van der Waals surface area contributed by atoms with Gasteiger partial charge in [-0.05, 0) is 75.3 Å². The SMILES string of the molecule is Cc1nc2cnc3ccc(-c4ccc5c(c4)OCCO5)cc3c2n1C1CCN(C)CC1. The Morgan fingerprint density at radius 3 is 2.48 bits per heavy atom. The molecule has 0 N–H and O–H groups in total. The quantitative estimate of drug-likeness (QED) is 0.480. The lowest BCUT2D eigenvalue weighted by Crippen LogP contribution is -2.31. The minimum absolute atomic E-state index is 0.477. The first kappa shape index (κ1) is 18.6. The lowest BCUT2D eigenvalue weighted by Gasteiger charge is -2.31. The zero-order chi connectivity index (χ0) is 20.9. The van der Waals surface area contributed by atoms with Crippen molar-refractivity contribution in [3.63, 3.8) is 0 Å². The van der Waals surface area contributed by atoms with E-state index in [0.29, 0.717) is 19.3 Å². The minimum Gasteiger partial charge on any atom is -0.486 e. The summed E-state index contributed by atoms with van der Waals surface area (Å²) in [6.45, 7) is 5.55. The van der Waals surface area contributed by atoms with E-state index in [1.54, 1.807) is 0 Å². The van der Waals surface area contributed by atoms with Crippen molar-refractivity contribution < 1.29 is 9.47 Å². The molecule has 4 heterocycles. The van der Waals surface area contributed by atoms with E-state index < -0.39 is 0 Å². The molecule has 0 saturated carbocycles. The number of aromatic nitrogens is 3. The van der Waals surface area contributed by atoms with Crippen molar-refractivity contribution in [2.45, 2.75) is 25.8 Å². The second-order valence-corrected chi connectivity index (χ2v) is 8.65. The maximum Gasteiger partial charge on any atom is 0.161 e. The van der Waals surface area contributed by atoms with Crippen LogP contribution in [-0.2, 0) is 0 Å². The Hall–Kier alpha value is -3.12. The lowest BCUT2D eigenvalue weighted by atomic mass is 10.0. The Labute approximate surface area is 181 Å². The van der Waals surface area contributed by atoms with Gasteiger partial charge in [0.25, 0.3) is 0 Å². The van der Waals surface area contributed by atoms with Gasteiger partial charge in [-0.15, -0.1) is 0 Å². The van der Waals surface area contributed by atoms with Gasteiger partial charge < -0.3 is 18.9 Å². The number of rotatable bonds is 2. The predicted molar refractivity (Wildman–Crippen MR) is 122 cm³/mol. The van der Waals surface area contributed by atoms with Gasteiger partial charge in [-0.3, -0.25) is 4.98 Å². The van der Waals surface area contributed by atoms with Gasteiger partial charge >= 0.3 is 0 Å². The van der Waals surface area contributed by atoms with Crippen LogP contribution in [0.15, 0.2) is 42.6 Å². The summed E-state index contributed by atoms with van der Waals surface area (Å²) >= 11 is 0. The first-order valence-electron chi connectivity index (χ1n) is 11.0. The fourth-order valence-electron chi connectivity index (χ4n) is 5.00. The van der Waals surface area contributed by atoms with Crippen LogP contribution in [0.25, 0.3) is 33.1 Å². The predicted octanol–water partition coefficient (Wildman–Crippen LogP) is 4.60. The zero-order valence-electron chi connectivity index (χ0n) is 18.0. The number of aryl methyl sites for hydroxylation is 1. The molecule has 2 aromatic carbocycles. The van der Waals surface area contributed by atoms with E-state index >= 15 is 0 Å². The third kappa shape index (κ3) is 3.13. The number of imidazole rings is 1. The second kappa shape index (κ2) is 7.24. The van der Waals surface area contributed by atoms with E-state index in [0.717, 1.165) is 70.8 Å². The van der Waals surface area contributed by atoms with Gasteiger partial charge in [0.1, 0.15) is 24.6 Å². The summed E-state index contributed by atoms with van der Waals surface area (Å²) in [4.78, 5) is 12.0. The van der Waals surface area contributed by atoms with Crippen LogP contribution in [-0.4, -0.2) is 52.8 Å². The number of ether oxygens (including phenoxy) is 2. The van der Waals surface area contributed by atoms with E-state index in [1.165, 1.54) is 5.52 Å². The Morgan fingerprint density at radius 2 is 1.65 bits per heavy atom. The highest BCUT2D eigenvalue weighted by Gasteiger charge is 2.23. The smallest absolute Gasteiger partial charge is 0.161 e. The van der Waals surface area contributed by atoms with Gasteiger partial charge in [0.05, 0.1) is 17.2 Å². The molecule has 2 aromatic heterocycles. The molecule has 2 aliphatic rings. The Morgan fingerprint density at radius 1 is 0.903 bits per heavy atom. The van der Waals surface area contributed by atoms with Crippen molar-refractivity contribution in [1.82, 2.24) is 19.4 Å². The maximum atomic E-state index is 5.80. The largest absolute Gasteiger partial charge is 0.486 e. The standard InChI is InChI=1S/C25H26N4O2/c1-16-27-22-15-26-21-5-3-17(18-4-6-23-24(14-18)31-12-11-30-23)13-20(21)25(22)29(16)19-7-9-28(2)10-8-19/h3-6,13-15,19H,7-12H2,1-2H3. The fraction of sp³-hybridized carbons (Fsp3) is 0.360. The topological polar surface area (TPSA) is 52.4 Å². The fourth-order valence-corrected chi connectivity index (χ4v) is 5.00. The van der Waals surface area contributed by atoms with Crippen molar-refractivity contribution in [1.29, 1.82) is 0 Å². The van der Waals surface area contributed by atoms with Crippen LogP contribution in [0.1, 0.15) is 24.7 Å². The lowest BCUT2D eigenvalue weighted by molar-refractivity contribution is 0.171. The number of piperidine rings is 1. The summed E-state index contributed by atoms with van der Waals surface area (Å²) in [5.41, 5.74) is 5.44. The van der Waals surface area contributed by atoms with Crippen LogP contribution in [0, 0.1) is 6.92 Å². The van der Waals surface area contributed by atoms with Crippen molar-refractivity contribution >= 4 is 21.9 Å². The highest BCUT2D eigenvalue weighted by Crippen LogP contribution is 2.37. The number of fused-ring (bicyclic) bond motifs is 4. The van der Waals surface area contributed by atoms with Gasteiger partial charge in [0.15, 0.2) is 11.5 Å². The van der Waals surface area contributed by atoms with Gasteiger partial charge in [-0.1, -0.05) is 12.1 Å². The number of likely N-dealkylation sites (tertiary alicyclic amines) is 1. The molecule has 2 aliphatic heterocycles. The summed E-state index contributed by atoms with van der Waals surface area (Å²) < 4.78 is 13.9. The Kier molecular flexibility index (Phi) is 4.35. The van der Waals surface area contributed by atoms with Crippen LogP contribution < -0.4 is 9.47 Å². The van der Waals surface area contributed by atoms with E-state index in [1.807, 2.05) is 12.3 Å². The van der Waals surface area contributed by atoms with Crippen LogP contribution in [0.3, 0.4) is 0 Å². The molecule has 6 nitrogen and oxygen atoms in total. The van der Waals surface area contributed by atoms with Crippen molar-refractivity contribution in [3.8, 4) is 22.6 Å². The van der Waals surface area contributed by atoms with E-state index in [9.17, 15) is 0 Å². The summed E-state index contributed by atoms with van der Waals surface area (Å²) in [7, 11) is 2.20. The molecule has 0 aliphatic carbocycles. The first-order valence-corrected chi connectivity index (χ1v) is 11.0. The maximum absolute atomic E-state index is 5.80. The van der Waals surface area contributed by atoms with Crippen molar-refractivity contribution in [2.24, 2.45) is 0 Å². The summed E-state index contributed by atoms with van der Waals surface area (Å²) in [6.07, 6.45) is 4.21. The normalized spacial score (nSPS) is 17.5. The second-order valence-electron chi connectivity index (χ2n) is 8.65. The average molecular weight is 415 g/mol. The molecule has 0 unspecified atom stereocenters. The van der Waals surface area contributed by atoms with Crippen LogP contribution in [0.2, 0.25) is 0 Å². The van der Waals surface area contributed by atoms with E-state index in [-0.39, 0.29) is 0 Å². The number of hydrogen-bond donors (Lipinski definition) is 0. The number of benzene rings is 2. The molecular weight excluding hydrogens is 388 g/mol. The minimum atomic E-state index is 0.477. The molecular formula is C25H26N4O2. The number of pyridine rings is 1. The molecule has 0 atom stereocenters. The summed E-state index contributed by atoms with van der Waals surface area (Å²) in [5.74, 6) is 2.70. The van der Waals surface area contributed by atoms with Crippen LogP contribution in [0.5, 0.6) is 11.5 Å². The number of hydrogen-bond acceptors (Lipinski definition) is 5. The third-order valence-corrected chi connectivity index (χ3v) is 6.62. The molecule has 6 heteroatoms. The highest BCUT2D eigenvalue weighted by atomic mass is 16.6. The van der Waals surface area contributed by atoms with Gasteiger partial charge in [0, 0.05) is 11.4 Å². The van der Waals surface area contributed by atoms with Crippen molar-refractivity contribution in [2.75, 3.05) is 33.4 Å². The molecule has 6 rings (SSSR count). The summed E-state index contributed by atoms with van der Waals surface area (Å²) in [5, 5.41) is 1.16. The summed E-state index contributed by atoms with van der Waals surface area (Å²) in [6, 6.07) is 13.1. The highest BCUT2D eigenvalue weighted by molar-refractivity contribution is 6.04. The molecule has 1 fully saturated rings. The molecule has 4 aromatic rings. The molecule has 1 saturated heterocycles.